The molecular weight excluding hydrogens is 312 g/mol. The predicted octanol–water partition coefficient (Wildman–Crippen LogP) is 1.76. The summed E-state index contributed by atoms with van der Waals surface area (Å²) in [5, 5.41) is 3.62. The Morgan fingerprint density at radius 2 is 2.24 bits per heavy atom. The second-order valence-corrected chi connectivity index (χ2v) is 7.29. The molecule has 0 aromatic heterocycles. The zero-order valence-corrected chi connectivity index (χ0v) is 13.6. The summed E-state index contributed by atoms with van der Waals surface area (Å²) in [4.78, 5) is 0.201. The maximum Gasteiger partial charge on any atom is 0.240 e. The summed E-state index contributed by atoms with van der Waals surface area (Å²) in [6.45, 7) is 5.19. The number of benzene rings is 1. The topological polar surface area (TPSA) is 67.4 Å². The summed E-state index contributed by atoms with van der Waals surface area (Å²) in [5.74, 6) is 0.253. The lowest BCUT2D eigenvalue weighted by atomic mass is 10.1. The Labute approximate surface area is 131 Å². The van der Waals surface area contributed by atoms with Crippen LogP contribution in [0.5, 0.6) is 0 Å². The molecule has 1 unspecified atom stereocenters. The highest BCUT2D eigenvalue weighted by Gasteiger charge is 2.20. The van der Waals surface area contributed by atoms with Crippen LogP contribution in [0, 0.1) is 5.92 Å². The number of halogens is 1. The lowest BCUT2D eigenvalue weighted by molar-refractivity contribution is 0.186. The van der Waals surface area contributed by atoms with Crippen molar-refractivity contribution in [1.82, 2.24) is 10.0 Å². The van der Waals surface area contributed by atoms with Crippen molar-refractivity contribution in [3.63, 3.8) is 0 Å². The highest BCUT2D eigenvalue weighted by Crippen LogP contribution is 2.21. The standard InChI is InChI=1S/C14H21ClN2O3S/c1-2-16-9-12-3-4-13(7-14(12)15)21(18,19)17-8-11-5-6-20-10-11/h3-4,7,11,16-17H,2,5-6,8-10H2,1H3. The fourth-order valence-electron chi connectivity index (χ4n) is 2.15. The minimum atomic E-state index is -3.52. The van der Waals surface area contributed by atoms with E-state index in [-0.39, 0.29) is 10.8 Å². The molecule has 1 atom stereocenters. The van der Waals surface area contributed by atoms with Gasteiger partial charge in [0, 0.05) is 24.7 Å². The first-order valence-corrected chi connectivity index (χ1v) is 8.95. The maximum atomic E-state index is 12.2. The molecular formula is C14H21ClN2O3S. The third-order valence-corrected chi connectivity index (χ3v) is 5.26. The molecule has 0 saturated carbocycles. The number of sulfonamides is 1. The summed E-state index contributed by atoms with van der Waals surface area (Å²) >= 11 is 6.15. The summed E-state index contributed by atoms with van der Waals surface area (Å²) in [6.07, 6.45) is 0.894. The Balaban J connectivity index is 2.03. The first kappa shape index (κ1) is 16.7. The van der Waals surface area contributed by atoms with Gasteiger partial charge >= 0.3 is 0 Å². The van der Waals surface area contributed by atoms with Gasteiger partial charge in [0.2, 0.25) is 10.0 Å². The van der Waals surface area contributed by atoms with E-state index >= 15 is 0 Å². The van der Waals surface area contributed by atoms with E-state index in [1.165, 1.54) is 6.07 Å². The van der Waals surface area contributed by atoms with Crippen LogP contribution in [0.2, 0.25) is 5.02 Å². The van der Waals surface area contributed by atoms with Gasteiger partial charge in [-0.15, -0.1) is 0 Å². The molecule has 7 heteroatoms. The van der Waals surface area contributed by atoms with Gasteiger partial charge in [0.25, 0.3) is 0 Å². The minimum absolute atomic E-state index is 0.201. The van der Waals surface area contributed by atoms with Crippen molar-refractivity contribution in [1.29, 1.82) is 0 Å². The van der Waals surface area contributed by atoms with Gasteiger partial charge in [-0.3, -0.25) is 0 Å². The van der Waals surface area contributed by atoms with E-state index in [0.717, 1.165) is 18.5 Å². The van der Waals surface area contributed by atoms with E-state index in [4.69, 9.17) is 16.3 Å². The van der Waals surface area contributed by atoms with Crippen molar-refractivity contribution in [2.45, 2.75) is 24.8 Å². The van der Waals surface area contributed by atoms with Crippen LogP contribution >= 0.6 is 11.6 Å². The maximum absolute atomic E-state index is 12.2. The monoisotopic (exact) mass is 332 g/mol. The molecule has 118 valence electrons. The van der Waals surface area contributed by atoms with E-state index in [1.807, 2.05) is 6.92 Å². The van der Waals surface area contributed by atoms with Crippen LogP contribution in [0.1, 0.15) is 18.9 Å². The lowest BCUT2D eigenvalue weighted by Crippen LogP contribution is -2.29. The van der Waals surface area contributed by atoms with Crippen LogP contribution in [0.15, 0.2) is 23.1 Å². The molecule has 2 N–H and O–H groups in total. The summed E-state index contributed by atoms with van der Waals surface area (Å²) in [6, 6.07) is 4.84. The van der Waals surface area contributed by atoms with Crippen molar-refractivity contribution in [2.75, 3.05) is 26.3 Å². The fourth-order valence-corrected chi connectivity index (χ4v) is 3.61. The molecule has 1 heterocycles. The lowest BCUT2D eigenvalue weighted by Gasteiger charge is -2.12. The van der Waals surface area contributed by atoms with Crippen LogP contribution in [-0.2, 0) is 21.3 Å². The summed E-state index contributed by atoms with van der Waals surface area (Å²) < 4.78 is 32.3. The average Bonchev–Trinajstić information content (AvgIpc) is 2.97. The predicted molar refractivity (Wildman–Crippen MR) is 82.9 cm³/mol. The van der Waals surface area contributed by atoms with Gasteiger partial charge < -0.3 is 10.1 Å². The zero-order chi connectivity index (χ0) is 15.3. The van der Waals surface area contributed by atoms with Crippen LogP contribution in [0.3, 0.4) is 0 Å². The molecule has 1 saturated heterocycles. The number of rotatable bonds is 7. The molecule has 2 rings (SSSR count). The third kappa shape index (κ3) is 4.66. The van der Waals surface area contributed by atoms with E-state index < -0.39 is 10.0 Å². The molecule has 5 nitrogen and oxygen atoms in total. The van der Waals surface area contributed by atoms with Crippen molar-refractivity contribution in [3.05, 3.63) is 28.8 Å². The van der Waals surface area contributed by atoms with Crippen LogP contribution < -0.4 is 10.0 Å². The normalized spacial score (nSPS) is 19.0. The Morgan fingerprint density at radius 3 is 2.86 bits per heavy atom. The number of nitrogens with one attached hydrogen (secondary N) is 2. The van der Waals surface area contributed by atoms with Gasteiger partial charge in [-0.2, -0.15) is 0 Å². The molecule has 21 heavy (non-hydrogen) atoms. The minimum Gasteiger partial charge on any atom is -0.381 e. The SMILES string of the molecule is CCNCc1ccc(S(=O)(=O)NCC2CCOC2)cc1Cl. The summed E-state index contributed by atoms with van der Waals surface area (Å²) in [5.41, 5.74) is 0.890. The van der Waals surface area contributed by atoms with Gasteiger partial charge in [0.05, 0.1) is 11.5 Å². The van der Waals surface area contributed by atoms with Crippen LogP contribution in [-0.4, -0.2) is 34.7 Å². The molecule has 1 aromatic rings. The van der Waals surface area contributed by atoms with Crippen molar-refractivity contribution in [3.8, 4) is 0 Å². The van der Waals surface area contributed by atoms with Crippen molar-refractivity contribution >= 4 is 21.6 Å². The second kappa shape index (κ2) is 7.56. The first-order valence-electron chi connectivity index (χ1n) is 7.09. The smallest absolute Gasteiger partial charge is 0.240 e. The number of ether oxygens (including phenoxy) is 1. The molecule has 0 amide bonds. The average molecular weight is 333 g/mol. The molecule has 0 radical (unpaired) electrons. The van der Waals surface area contributed by atoms with Crippen LogP contribution in [0.4, 0.5) is 0 Å². The fraction of sp³-hybridized carbons (Fsp3) is 0.571. The largest absolute Gasteiger partial charge is 0.381 e. The molecule has 0 spiro atoms. The molecule has 0 bridgehead atoms. The Bertz CT molecular complexity index is 572. The van der Waals surface area contributed by atoms with E-state index in [0.29, 0.717) is 31.3 Å². The van der Waals surface area contributed by atoms with Gasteiger partial charge in [-0.1, -0.05) is 24.6 Å². The van der Waals surface area contributed by atoms with Gasteiger partial charge in [0.1, 0.15) is 0 Å². The zero-order valence-electron chi connectivity index (χ0n) is 12.1. The molecule has 1 fully saturated rings. The molecule has 1 aliphatic rings. The quantitative estimate of drug-likeness (QED) is 0.798. The van der Waals surface area contributed by atoms with Crippen molar-refractivity contribution in [2.24, 2.45) is 5.92 Å². The molecule has 1 aliphatic heterocycles. The number of hydrogen-bond acceptors (Lipinski definition) is 4. The highest BCUT2D eigenvalue weighted by atomic mass is 35.5. The highest BCUT2D eigenvalue weighted by molar-refractivity contribution is 7.89. The van der Waals surface area contributed by atoms with E-state index in [9.17, 15) is 8.42 Å². The Hall–Kier alpha value is -0.660. The Morgan fingerprint density at radius 1 is 1.43 bits per heavy atom. The van der Waals surface area contributed by atoms with Gasteiger partial charge in [-0.25, -0.2) is 13.1 Å². The third-order valence-electron chi connectivity index (χ3n) is 3.49. The molecule has 0 aliphatic carbocycles. The van der Waals surface area contributed by atoms with Gasteiger partial charge in [0.15, 0.2) is 0 Å². The van der Waals surface area contributed by atoms with Crippen molar-refractivity contribution < 1.29 is 13.2 Å². The number of hydrogen-bond donors (Lipinski definition) is 2. The Kier molecular flexibility index (Phi) is 6.01. The second-order valence-electron chi connectivity index (χ2n) is 5.12. The van der Waals surface area contributed by atoms with E-state index in [2.05, 4.69) is 10.0 Å². The first-order chi connectivity index (χ1) is 10.0. The molecule has 1 aromatic carbocycles. The summed E-state index contributed by atoms with van der Waals surface area (Å²) in [7, 11) is -3.52. The van der Waals surface area contributed by atoms with Crippen LogP contribution in [0.25, 0.3) is 0 Å². The van der Waals surface area contributed by atoms with Gasteiger partial charge in [-0.05, 0) is 36.6 Å². The van der Waals surface area contributed by atoms with E-state index in [1.54, 1.807) is 12.1 Å².